The molecule has 8 heteroatoms. The molecule has 0 spiro atoms. The molecule has 0 aliphatic rings. The first-order valence-corrected chi connectivity index (χ1v) is 6.60. The highest BCUT2D eigenvalue weighted by molar-refractivity contribution is 7.18. The average Bonchev–Trinajstić information content (AvgIpc) is 2.80. The number of rotatable bonds is 3. The van der Waals surface area contributed by atoms with Crippen LogP contribution in [0.5, 0.6) is 5.75 Å². The highest BCUT2D eigenvalue weighted by atomic mass is 35.5. The Bertz CT molecular complexity index is 669. The molecule has 1 aromatic heterocycles. The van der Waals surface area contributed by atoms with Crippen LogP contribution in [0.3, 0.4) is 0 Å². The lowest BCUT2D eigenvalue weighted by molar-refractivity contribution is -0.384. The number of phenols is 1. The normalized spacial score (nSPS) is 10.3. The predicted molar refractivity (Wildman–Crippen MR) is 76.8 cm³/mol. The summed E-state index contributed by atoms with van der Waals surface area (Å²) in [6.45, 7) is 0. The zero-order chi connectivity index (χ0) is 14.9. The van der Waals surface area contributed by atoms with E-state index in [0.29, 0.717) is 5.69 Å². The van der Waals surface area contributed by atoms with E-state index in [4.69, 9.17) is 11.6 Å². The molecule has 6 nitrogen and oxygen atoms in total. The van der Waals surface area contributed by atoms with Crippen molar-refractivity contribution in [2.24, 2.45) is 0 Å². The maximum atomic E-state index is 12.2. The molecule has 0 unspecified atom stereocenters. The molecule has 0 saturated heterocycles. The van der Waals surface area contributed by atoms with Crippen LogP contribution in [0.2, 0.25) is 4.34 Å². The molecule has 0 atom stereocenters. The van der Waals surface area contributed by atoms with Crippen LogP contribution in [-0.2, 0) is 0 Å². The van der Waals surface area contributed by atoms with Crippen molar-refractivity contribution >= 4 is 40.2 Å². The molecule has 0 bridgehead atoms. The first-order valence-electron chi connectivity index (χ1n) is 5.41. The molecule has 1 heterocycles. The predicted octanol–water partition coefficient (Wildman–Crippen LogP) is 3.29. The fourth-order valence-electron chi connectivity index (χ4n) is 1.55. The summed E-state index contributed by atoms with van der Waals surface area (Å²) in [7, 11) is 1.54. The van der Waals surface area contributed by atoms with E-state index in [9.17, 15) is 20.0 Å². The minimum Gasteiger partial charge on any atom is -0.508 e. The second-order valence-corrected chi connectivity index (χ2v) is 5.56. The number of nitro groups is 1. The van der Waals surface area contributed by atoms with Crippen molar-refractivity contribution < 1.29 is 14.8 Å². The number of thiophene rings is 1. The molecule has 1 amide bonds. The van der Waals surface area contributed by atoms with E-state index >= 15 is 0 Å². The molecule has 0 aliphatic heterocycles. The van der Waals surface area contributed by atoms with Gasteiger partial charge in [0.2, 0.25) is 0 Å². The Morgan fingerprint density at radius 2 is 2.00 bits per heavy atom. The fourth-order valence-corrected chi connectivity index (χ4v) is 2.75. The highest BCUT2D eigenvalue weighted by Crippen LogP contribution is 2.34. The Kier molecular flexibility index (Phi) is 3.91. The SMILES string of the molecule is CN(C(=O)c1cc([N+](=O)[O-])c(Cl)s1)c1ccc(O)cc1. The molecule has 0 fully saturated rings. The van der Waals surface area contributed by atoms with Gasteiger partial charge in [-0.15, -0.1) is 11.3 Å². The summed E-state index contributed by atoms with van der Waals surface area (Å²) in [5.74, 6) is -0.319. The minimum atomic E-state index is -0.629. The molecule has 104 valence electrons. The van der Waals surface area contributed by atoms with Crippen LogP contribution in [0.1, 0.15) is 9.67 Å². The number of benzene rings is 1. The molecule has 1 N–H and O–H groups in total. The van der Waals surface area contributed by atoms with Crippen LogP contribution in [-0.4, -0.2) is 23.0 Å². The fraction of sp³-hybridized carbons (Fsp3) is 0.0833. The number of phenolic OH excluding ortho intramolecular Hbond substituents is 1. The summed E-state index contributed by atoms with van der Waals surface area (Å²) in [6, 6.07) is 7.19. The van der Waals surface area contributed by atoms with E-state index < -0.39 is 10.8 Å². The lowest BCUT2D eigenvalue weighted by Gasteiger charge is -2.16. The molecule has 20 heavy (non-hydrogen) atoms. The van der Waals surface area contributed by atoms with E-state index in [1.165, 1.54) is 24.1 Å². The zero-order valence-corrected chi connectivity index (χ0v) is 11.8. The summed E-state index contributed by atoms with van der Waals surface area (Å²) in [4.78, 5) is 23.8. The van der Waals surface area contributed by atoms with E-state index in [0.717, 1.165) is 17.4 Å². The van der Waals surface area contributed by atoms with Crippen molar-refractivity contribution in [2.75, 3.05) is 11.9 Å². The van der Waals surface area contributed by atoms with Gasteiger partial charge in [-0.25, -0.2) is 0 Å². The van der Waals surface area contributed by atoms with Gasteiger partial charge in [-0.3, -0.25) is 14.9 Å². The third-order valence-corrected chi connectivity index (χ3v) is 3.94. The monoisotopic (exact) mass is 312 g/mol. The van der Waals surface area contributed by atoms with Gasteiger partial charge in [0.1, 0.15) is 10.6 Å². The van der Waals surface area contributed by atoms with Crippen molar-refractivity contribution in [3.8, 4) is 5.75 Å². The molecule has 1 aromatic carbocycles. The topological polar surface area (TPSA) is 83.7 Å². The van der Waals surface area contributed by atoms with Gasteiger partial charge in [-0.2, -0.15) is 0 Å². The van der Waals surface area contributed by atoms with Crippen LogP contribution in [0.25, 0.3) is 0 Å². The van der Waals surface area contributed by atoms with Crippen LogP contribution in [0.4, 0.5) is 11.4 Å². The van der Waals surface area contributed by atoms with Crippen LogP contribution < -0.4 is 4.90 Å². The van der Waals surface area contributed by atoms with E-state index in [1.807, 2.05) is 0 Å². The zero-order valence-electron chi connectivity index (χ0n) is 10.2. The molecule has 0 aliphatic carbocycles. The number of halogens is 1. The number of hydrogen-bond donors (Lipinski definition) is 1. The summed E-state index contributed by atoms with van der Waals surface area (Å²) in [5, 5.41) is 19.9. The Morgan fingerprint density at radius 3 is 2.50 bits per heavy atom. The average molecular weight is 313 g/mol. The quantitative estimate of drug-likeness (QED) is 0.696. The molecular weight excluding hydrogens is 304 g/mol. The molecular formula is C12H9ClN2O4S. The van der Waals surface area contributed by atoms with Crippen molar-refractivity contribution in [3.63, 3.8) is 0 Å². The number of carbonyl (C=O) groups excluding carboxylic acids is 1. The Balaban J connectivity index is 2.29. The third kappa shape index (κ3) is 2.73. The van der Waals surface area contributed by atoms with Gasteiger partial charge in [-0.1, -0.05) is 11.6 Å². The Labute approximate surface area is 123 Å². The van der Waals surface area contributed by atoms with Gasteiger partial charge in [0.15, 0.2) is 4.34 Å². The van der Waals surface area contributed by atoms with Gasteiger partial charge in [0.25, 0.3) is 11.6 Å². The lowest BCUT2D eigenvalue weighted by Crippen LogP contribution is -2.25. The highest BCUT2D eigenvalue weighted by Gasteiger charge is 2.23. The van der Waals surface area contributed by atoms with Gasteiger partial charge in [-0.05, 0) is 24.3 Å². The van der Waals surface area contributed by atoms with Gasteiger partial charge >= 0.3 is 0 Å². The van der Waals surface area contributed by atoms with Gasteiger partial charge in [0, 0.05) is 18.8 Å². The largest absolute Gasteiger partial charge is 0.508 e. The maximum absolute atomic E-state index is 12.2. The summed E-state index contributed by atoms with van der Waals surface area (Å²) >= 11 is 6.59. The summed E-state index contributed by atoms with van der Waals surface area (Å²) in [5.41, 5.74) is 0.277. The Morgan fingerprint density at radius 1 is 1.40 bits per heavy atom. The van der Waals surface area contributed by atoms with Gasteiger partial charge < -0.3 is 10.0 Å². The second-order valence-electron chi connectivity index (χ2n) is 3.91. The Hall–Kier alpha value is -2.12. The van der Waals surface area contributed by atoms with E-state index in [-0.39, 0.29) is 20.7 Å². The third-order valence-electron chi connectivity index (χ3n) is 2.62. The summed E-state index contributed by atoms with van der Waals surface area (Å²) in [6.07, 6.45) is 0. The van der Waals surface area contributed by atoms with Crippen molar-refractivity contribution in [3.05, 3.63) is 49.7 Å². The number of anilines is 1. The number of hydrogen-bond acceptors (Lipinski definition) is 5. The number of carbonyl (C=O) groups is 1. The number of aromatic hydroxyl groups is 1. The van der Waals surface area contributed by atoms with E-state index in [1.54, 1.807) is 12.1 Å². The molecule has 2 aromatic rings. The van der Waals surface area contributed by atoms with Crippen molar-refractivity contribution in [2.45, 2.75) is 0 Å². The smallest absolute Gasteiger partial charge is 0.299 e. The minimum absolute atomic E-state index is 0.0301. The van der Waals surface area contributed by atoms with Crippen molar-refractivity contribution in [1.29, 1.82) is 0 Å². The summed E-state index contributed by atoms with van der Waals surface area (Å²) < 4.78 is -0.0301. The number of nitrogens with zero attached hydrogens (tertiary/aromatic N) is 2. The first kappa shape index (κ1) is 14.3. The van der Waals surface area contributed by atoms with E-state index in [2.05, 4.69) is 0 Å². The molecule has 0 radical (unpaired) electrons. The standard InChI is InChI=1S/C12H9ClN2O4S/c1-14(7-2-4-8(16)5-3-7)12(17)10-6-9(15(18)19)11(13)20-10/h2-6,16H,1H3. The first-order chi connectivity index (χ1) is 9.40. The lowest BCUT2D eigenvalue weighted by atomic mass is 10.2. The van der Waals surface area contributed by atoms with Crippen LogP contribution >= 0.6 is 22.9 Å². The molecule has 2 rings (SSSR count). The molecule has 0 saturated carbocycles. The van der Waals surface area contributed by atoms with Crippen molar-refractivity contribution in [1.82, 2.24) is 0 Å². The van der Waals surface area contributed by atoms with Crippen LogP contribution in [0.15, 0.2) is 30.3 Å². The second kappa shape index (κ2) is 5.48. The van der Waals surface area contributed by atoms with Gasteiger partial charge in [0.05, 0.1) is 4.92 Å². The maximum Gasteiger partial charge on any atom is 0.299 e. The van der Waals surface area contributed by atoms with Crippen LogP contribution in [0, 0.1) is 10.1 Å². The number of amides is 1.